The number of terminal acetylenes is 1. The third kappa shape index (κ3) is 3.21. The Morgan fingerprint density at radius 3 is 2.27 bits per heavy atom. The van der Waals surface area contributed by atoms with Crippen LogP contribution in [0.25, 0.3) is 0 Å². The number of hydrogen-bond acceptors (Lipinski definition) is 1. The molecule has 0 bridgehead atoms. The molecule has 0 saturated carbocycles. The zero-order chi connectivity index (χ0) is 11.4. The highest BCUT2D eigenvalue weighted by molar-refractivity contribution is 6.41. The summed E-state index contributed by atoms with van der Waals surface area (Å²) in [5, 5.41) is 4.53. The normalized spacial score (nSPS) is 11.9. The molecule has 0 aliphatic rings. The van der Waals surface area contributed by atoms with Gasteiger partial charge in [0.05, 0.1) is 21.8 Å². The molecule has 1 aromatic carbocycles. The lowest BCUT2D eigenvalue weighted by Crippen LogP contribution is -2.16. The lowest BCUT2D eigenvalue weighted by molar-refractivity contribution is 0.858. The highest BCUT2D eigenvalue weighted by atomic mass is 35.5. The number of nitrogens with one attached hydrogen (secondary N) is 1. The second-order valence-electron chi connectivity index (χ2n) is 3.02. The average Bonchev–Trinajstić information content (AvgIpc) is 2.17. The molecule has 0 aliphatic carbocycles. The van der Waals surface area contributed by atoms with E-state index >= 15 is 0 Å². The maximum Gasteiger partial charge on any atom is 0.0872 e. The van der Waals surface area contributed by atoms with Gasteiger partial charge in [-0.1, -0.05) is 47.6 Å². The van der Waals surface area contributed by atoms with Crippen LogP contribution in [0.3, 0.4) is 0 Å². The summed E-state index contributed by atoms with van der Waals surface area (Å²) in [6.45, 7) is 1.98. The Labute approximate surface area is 105 Å². The van der Waals surface area contributed by atoms with Gasteiger partial charge in [0.1, 0.15) is 0 Å². The molecule has 0 heterocycles. The lowest BCUT2D eigenvalue weighted by Gasteiger charge is -2.15. The van der Waals surface area contributed by atoms with Gasteiger partial charge in [-0.2, -0.15) is 0 Å². The first-order chi connectivity index (χ1) is 7.08. The van der Waals surface area contributed by atoms with E-state index in [1.54, 1.807) is 12.1 Å². The van der Waals surface area contributed by atoms with Gasteiger partial charge >= 0.3 is 0 Å². The van der Waals surface area contributed by atoms with Crippen LogP contribution in [0.4, 0.5) is 5.69 Å². The van der Waals surface area contributed by atoms with Crippen LogP contribution in [-0.2, 0) is 0 Å². The largest absolute Gasteiger partial charge is 0.369 e. The SMILES string of the molecule is C#CC(CC)Nc1c(Cl)cc(Cl)cc1Cl. The summed E-state index contributed by atoms with van der Waals surface area (Å²) in [6, 6.07) is 3.17. The molecule has 1 unspecified atom stereocenters. The Kier molecular flexibility index (Phi) is 4.60. The smallest absolute Gasteiger partial charge is 0.0872 e. The van der Waals surface area contributed by atoms with Crippen molar-refractivity contribution in [3.8, 4) is 12.3 Å². The van der Waals surface area contributed by atoms with Gasteiger partial charge < -0.3 is 5.32 Å². The van der Waals surface area contributed by atoms with Gasteiger partial charge in [-0.25, -0.2) is 0 Å². The van der Waals surface area contributed by atoms with Gasteiger partial charge in [0.25, 0.3) is 0 Å². The maximum absolute atomic E-state index is 5.99. The van der Waals surface area contributed by atoms with Crippen LogP contribution >= 0.6 is 34.8 Å². The first-order valence-corrected chi connectivity index (χ1v) is 5.59. The molecule has 0 radical (unpaired) electrons. The van der Waals surface area contributed by atoms with Crippen LogP contribution in [-0.4, -0.2) is 6.04 Å². The van der Waals surface area contributed by atoms with Crippen molar-refractivity contribution in [3.63, 3.8) is 0 Å². The van der Waals surface area contributed by atoms with Crippen molar-refractivity contribution in [2.45, 2.75) is 19.4 Å². The molecule has 1 atom stereocenters. The van der Waals surface area contributed by atoms with E-state index in [2.05, 4.69) is 11.2 Å². The Hall–Kier alpha value is -0.550. The summed E-state index contributed by atoms with van der Waals surface area (Å²) in [4.78, 5) is 0. The van der Waals surface area contributed by atoms with Gasteiger partial charge in [-0.3, -0.25) is 0 Å². The van der Waals surface area contributed by atoms with Crippen LogP contribution in [0.1, 0.15) is 13.3 Å². The maximum atomic E-state index is 5.99. The highest BCUT2D eigenvalue weighted by Crippen LogP contribution is 2.34. The lowest BCUT2D eigenvalue weighted by atomic mass is 10.2. The fourth-order valence-corrected chi connectivity index (χ4v) is 2.04. The zero-order valence-electron chi connectivity index (χ0n) is 8.15. The summed E-state index contributed by atoms with van der Waals surface area (Å²) >= 11 is 17.8. The van der Waals surface area contributed by atoms with E-state index in [9.17, 15) is 0 Å². The Bertz CT molecular complexity index is 372. The molecule has 1 rings (SSSR count). The van der Waals surface area contributed by atoms with Crippen molar-refractivity contribution in [3.05, 3.63) is 27.2 Å². The average molecular weight is 263 g/mol. The molecule has 1 aromatic rings. The van der Waals surface area contributed by atoms with Crippen LogP contribution in [0, 0.1) is 12.3 Å². The summed E-state index contributed by atoms with van der Waals surface area (Å²) in [5.41, 5.74) is 0.632. The van der Waals surface area contributed by atoms with Gasteiger partial charge in [0.2, 0.25) is 0 Å². The minimum Gasteiger partial charge on any atom is -0.369 e. The molecule has 1 N–H and O–H groups in total. The van der Waals surface area contributed by atoms with Crippen molar-refractivity contribution < 1.29 is 0 Å². The number of halogens is 3. The Morgan fingerprint density at radius 1 is 1.33 bits per heavy atom. The summed E-state index contributed by atoms with van der Waals surface area (Å²) in [7, 11) is 0. The molecule has 0 saturated heterocycles. The van der Waals surface area contributed by atoms with E-state index in [1.165, 1.54) is 0 Å². The topological polar surface area (TPSA) is 12.0 Å². The number of hydrogen-bond donors (Lipinski definition) is 1. The molecule has 80 valence electrons. The first-order valence-electron chi connectivity index (χ1n) is 4.45. The van der Waals surface area contributed by atoms with E-state index in [0.29, 0.717) is 20.8 Å². The summed E-state index contributed by atoms with van der Waals surface area (Å²) < 4.78 is 0. The third-order valence-electron chi connectivity index (χ3n) is 1.93. The van der Waals surface area contributed by atoms with Crippen molar-refractivity contribution >= 4 is 40.5 Å². The third-order valence-corrected chi connectivity index (χ3v) is 2.75. The predicted molar refractivity (Wildman–Crippen MR) is 68.0 cm³/mol. The Balaban J connectivity index is 3.00. The fourth-order valence-electron chi connectivity index (χ4n) is 1.12. The molecular formula is C11H10Cl3N. The molecule has 0 spiro atoms. The number of anilines is 1. The molecule has 4 heteroatoms. The molecular weight excluding hydrogens is 252 g/mol. The van der Waals surface area contributed by atoms with Crippen molar-refractivity contribution in [1.29, 1.82) is 0 Å². The van der Waals surface area contributed by atoms with Gasteiger partial charge in [-0.05, 0) is 18.6 Å². The van der Waals surface area contributed by atoms with Gasteiger partial charge in [0.15, 0.2) is 0 Å². The molecule has 15 heavy (non-hydrogen) atoms. The standard InChI is InChI=1S/C11H10Cl3N/c1-3-8(4-2)15-11-9(13)5-7(12)6-10(11)14/h1,5-6,8,15H,4H2,2H3. The van der Waals surface area contributed by atoms with E-state index in [4.69, 9.17) is 41.2 Å². The minimum absolute atomic E-state index is 0.0822. The quantitative estimate of drug-likeness (QED) is 0.793. The summed E-state index contributed by atoms with van der Waals surface area (Å²) in [5.74, 6) is 2.61. The fraction of sp³-hybridized carbons (Fsp3) is 0.273. The van der Waals surface area contributed by atoms with Crippen molar-refractivity contribution in [2.75, 3.05) is 5.32 Å². The molecule has 1 nitrogen and oxygen atoms in total. The monoisotopic (exact) mass is 261 g/mol. The Morgan fingerprint density at radius 2 is 1.87 bits per heavy atom. The number of benzene rings is 1. The van der Waals surface area contributed by atoms with Crippen LogP contribution in [0.5, 0.6) is 0 Å². The van der Waals surface area contributed by atoms with Crippen LogP contribution < -0.4 is 5.32 Å². The molecule has 0 aliphatic heterocycles. The second kappa shape index (κ2) is 5.51. The minimum atomic E-state index is -0.0822. The number of rotatable bonds is 3. The van der Waals surface area contributed by atoms with E-state index in [1.807, 2.05) is 6.92 Å². The molecule has 0 amide bonds. The van der Waals surface area contributed by atoms with E-state index < -0.39 is 0 Å². The molecule has 0 aromatic heterocycles. The van der Waals surface area contributed by atoms with Crippen LogP contribution in [0.2, 0.25) is 15.1 Å². The first kappa shape index (κ1) is 12.5. The van der Waals surface area contributed by atoms with Gasteiger partial charge in [0, 0.05) is 5.02 Å². The van der Waals surface area contributed by atoms with Gasteiger partial charge in [-0.15, -0.1) is 6.42 Å². The van der Waals surface area contributed by atoms with E-state index in [0.717, 1.165) is 6.42 Å². The van der Waals surface area contributed by atoms with Crippen molar-refractivity contribution in [2.24, 2.45) is 0 Å². The summed E-state index contributed by atoms with van der Waals surface area (Å²) in [6.07, 6.45) is 6.13. The van der Waals surface area contributed by atoms with Crippen LogP contribution in [0.15, 0.2) is 12.1 Å². The predicted octanol–water partition coefficient (Wildman–Crippen LogP) is 4.47. The van der Waals surface area contributed by atoms with Crippen molar-refractivity contribution in [1.82, 2.24) is 0 Å². The van der Waals surface area contributed by atoms with E-state index in [-0.39, 0.29) is 6.04 Å². The highest BCUT2D eigenvalue weighted by Gasteiger charge is 2.10. The second-order valence-corrected chi connectivity index (χ2v) is 4.27. The zero-order valence-corrected chi connectivity index (χ0v) is 10.4. The molecule has 0 fully saturated rings.